The molecule has 0 aromatic carbocycles. The summed E-state index contributed by atoms with van der Waals surface area (Å²) in [5, 5.41) is 8.84. The highest BCUT2D eigenvalue weighted by Gasteiger charge is 2.33. The molecule has 0 heterocycles. The molecule has 0 aromatic rings. The van der Waals surface area contributed by atoms with E-state index in [4.69, 9.17) is 11.0 Å². The maximum Gasteiger partial charge on any atom is 0.0630 e. The normalized spacial score (nSPS) is 31.6. The number of hydrogen-bond acceptors (Lipinski definition) is 3. The van der Waals surface area contributed by atoms with Crippen molar-refractivity contribution in [3.8, 4) is 6.07 Å². The summed E-state index contributed by atoms with van der Waals surface area (Å²) < 4.78 is 0. The molecule has 1 aliphatic rings. The smallest absolute Gasteiger partial charge is 0.0630 e. The van der Waals surface area contributed by atoms with E-state index in [0.717, 1.165) is 12.2 Å². The second kappa shape index (κ2) is 3.09. The fraction of sp³-hybridized carbons (Fsp3) is 0.833. The minimum Gasteiger partial charge on any atom is -0.327 e. The molecule has 2 N–H and O–H groups in total. The lowest BCUT2D eigenvalue weighted by Gasteiger charge is -1.90. The Morgan fingerprint density at radius 2 is 2.44 bits per heavy atom. The zero-order valence-corrected chi connectivity index (χ0v) is 6.03. The summed E-state index contributed by atoms with van der Waals surface area (Å²) in [6.07, 6.45) is 1.81. The molecule has 0 aromatic heterocycles. The van der Waals surface area contributed by atoms with E-state index in [1.807, 2.05) is 11.8 Å². The van der Waals surface area contributed by atoms with Gasteiger partial charge >= 0.3 is 0 Å². The van der Waals surface area contributed by atoms with Gasteiger partial charge in [-0.05, 0) is 6.42 Å². The van der Waals surface area contributed by atoms with Crippen LogP contribution in [0.4, 0.5) is 0 Å². The lowest BCUT2D eigenvalue weighted by molar-refractivity contribution is 1.07. The molecule has 2 atom stereocenters. The zero-order chi connectivity index (χ0) is 6.69. The van der Waals surface area contributed by atoms with Gasteiger partial charge in [0.25, 0.3) is 0 Å². The number of nitrogens with two attached hydrogens (primary N) is 1. The Balaban J connectivity index is 1.90. The molecule has 50 valence electrons. The third kappa shape index (κ3) is 2.25. The van der Waals surface area contributed by atoms with Crippen LogP contribution in [0.5, 0.6) is 0 Å². The second-order valence-electron chi connectivity index (χ2n) is 2.22. The van der Waals surface area contributed by atoms with Gasteiger partial charge in [-0.3, -0.25) is 0 Å². The van der Waals surface area contributed by atoms with Gasteiger partial charge in [0, 0.05) is 23.5 Å². The highest BCUT2D eigenvalue weighted by molar-refractivity contribution is 8.00. The van der Waals surface area contributed by atoms with E-state index in [2.05, 4.69) is 6.07 Å². The lowest BCUT2D eigenvalue weighted by atomic mass is 10.6. The average molecular weight is 142 g/mol. The number of thioether (sulfide) groups is 1. The Morgan fingerprint density at radius 1 is 1.78 bits per heavy atom. The van der Waals surface area contributed by atoms with Crippen molar-refractivity contribution in [1.29, 1.82) is 5.26 Å². The van der Waals surface area contributed by atoms with Crippen LogP contribution in [-0.4, -0.2) is 17.0 Å². The van der Waals surface area contributed by atoms with Gasteiger partial charge in [-0.25, -0.2) is 0 Å². The number of rotatable bonds is 3. The average Bonchev–Trinajstić information content (AvgIpc) is 2.48. The third-order valence-corrected chi connectivity index (χ3v) is 2.73. The van der Waals surface area contributed by atoms with Gasteiger partial charge in [-0.1, -0.05) is 0 Å². The minimum absolute atomic E-state index is 0.425. The van der Waals surface area contributed by atoms with Crippen molar-refractivity contribution in [1.82, 2.24) is 0 Å². The van der Waals surface area contributed by atoms with Crippen molar-refractivity contribution in [2.24, 2.45) is 5.73 Å². The number of nitrogens with zero attached hydrogens (tertiary/aromatic N) is 1. The van der Waals surface area contributed by atoms with Crippen LogP contribution in [0.2, 0.25) is 0 Å². The Kier molecular flexibility index (Phi) is 2.38. The molecule has 1 fully saturated rings. The molecule has 2 unspecified atom stereocenters. The molecule has 1 saturated carbocycles. The van der Waals surface area contributed by atoms with Gasteiger partial charge < -0.3 is 5.73 Å². The standard InChI is InChI=1S/C6H10N2S/c7-2-1-3-9-6-4-5(6)8/h5-6H,1,3-4,8H2. The van der Waals surface area contributed by atoms with Crippen molar-refractivity contribution >= 4 is 11.8 Å². The maximum absolute atomic E-state index is 8.17. The Morgan fingerprint density at radius 3 is 2.89 bits per heavy atom. The molecule has 0 amide bonds. The fourth-order valence-electron chi connectivity index (χ4n) is 0.637. The Bertz CT molecular complexity index is 130. The summed E-state index contributed by atoms with van der Waals surface area (Å²) in [6.45, 7) is 0. The molecule has 1 aliphatic carbocycles. The molecular weight excluding hydrogens is 132 g/mol. The van der Waals surface area contributed by atoms with Gasteiger partial charge in [0.1, 0.15) is 0 Å². The topological polar surface area (TPSA) is 49.8 Å². The molecule has 0 aliphatic heterocycles. The lowest BCUT2D eigenvalue weighted by Crippen LogP contribution is -2.02. The van der Waals surface area contributed by atoms with E-state index in [9.17, 15) is 0 Å². The summed E-state index contributed by atoms with van der Waals surface area (Å²) in [5.41, 5.74) is 5.54. The number of hydrogen-bond donors (Lipinski definition) is 1. The fourth-order valence-corrected chi connectivity index (χ4v) is 1.75. The van der Waals surface area contributed by atoms with Gasteiger partial charge in [0.2, 0.25) is 0 Å². The summed E-state index contributed by atoms with van der Waals surface area (Å²) in [7, 11) is 0. The molecule has 2 nitrogen and oxygen atoms in total. The quantitative estimate of drug-likeness (QED) is 0.591. The van der Waals surface area contributed by atoms with Crippen molar-refractivity contribution < 1.29 is 0 Å². The van der Waals surface area contributed by atoms with E-state index in [1.165, 1.54) is 0 Å². The van der Waals surface area contributed by atoms with Crippen molar-refractivity contribution in [3.05, 3.63) is 0 Å². The third-order valence-electron chi connectivity index (χ3n) is 1.32. The van der Waals surface area contributed by atoms with E-state index < -0.39 is 0 Å². The SMILES string of the molecule is N#CCCSC1CC1N. The van der Waals surface area contributed by atoms with Gasteiger partial charge in [-0.2, -0.15) is 17.0 Å². The predicted molar refractivity (Wildman–Crippen MR) is 39.1 cm³/mol. The largest absolute Gasteiger partial charge is 0.327 e. The molecule has 0 spiro atoms. The number of nitriles is 1. The first kappa shape index (κ1) is 6.91. The van der Waals surface area contributed by atoms with E-state index in [1.54, 1.807) is 0 Å². The van der Waals surface area contributed by atoms with E-state index in [-0.39, 0.29) is 0 Å². The highest BCUT2D eigenvalue weighted by Crippen LogP contribution is 2.32. The monoisotopic (exact) mass is 142 g/mol. The Labute approximate surface area is 59.4 Å². The van der Waals surface area contributed by atoms with Gasteiger partial charge in [0.05, 0.1) is 6.07 Å². The van der Waals surface area contributed by atoms with Crippen LogP contribution in [0.15, 0.2) is 0 Å². The van der Waals surface area contributed by atoms with Crippen LogP contribution < -0.4 is 5.73 Å². The summed E-state index contributed by atoms with van der Waals surface area (Å²) in [4.78, 5) is 0. The molecular formula is C6H10N2S. The van der Waals surface area contributed by atoms with Crippen LogP contribution in [-0.2, 0) is 0 Å². The first-order chi connectivity index (χ1) is 4.34. The van der Waals surface area contributed by atoms with Crippen LogP contribution >= 0.6 is 11.8 Å². The van der Waals surface area contributed by atoms with E-state index >= 15 is 0 Å². The molecule has 9 heavy (non-hydrogen) atoms. The molecule has 0 bridgehead atoms. The minimum atomic E-state index is 0.425. The van der Waals surface area contributed by atoms with Crippen molar-refractivity contribution in [2.75, 3.05) is 5.75 Å². The van der Waals surface area contributed by atoms with Crippen molar-refractivity contribution in [2.45, 2.75) is 24.1 Å². The summed E-state index contributed by atoms with van der Waals surface area (Å²) in [5.74, 6) is 0.953. The first-order valence-corrected chi connectivity index (χ1v) is 4.13. The molecule has 0 radical (unpaired) electrons. The maximum atomic E-state index is 8.17. The van der Waals surface area contributed by atoms with Crippen LogP contribution in [0.1, 0.15) is 12.8 Å². The molecule has 0 saturated heterocycles. The molecule has 3 heteroatoms. The van der Waals surface area contributed by atoms with Crippen LogP contribution in [0.25, 0.3) is 0 Å². The Hall–Kier alpha value is -0.200. The van der Waals surface area contributed by atoms with Gasteiger partial charge in [0.15, 0.2) is 0 Å². The summed E-state index contributed by atoms with van der Waals surface area (Å²) in [6, 6.07) is 2.53. The van der Waals surface area contributed by atoms with Crippen LogP contribution in [0, 0.1) is 11.3 Å². The van der Waals surface area contributed by atoms with Gasteiger partial charge in [-0.15, -0.1) is 0 Å². The second-order valence-corrected chi connectivity index (χ2v) is 3.56. The summed E-state index contributed by atoms with van der Waals surface area (Å²) >= 11 is 1.83. The van der Waals surface area contributed by atoms with Crippen LogP contribution in [0.3, 0.4) is 0 Å². The highest BCUT2D eigenvalue weighted by atomic mass is 32.2. The van der Waals surface area contributed by atoms with Crippen molar-refractivity contribution in [3.63, 3.8) is 0 Å². The van der Waals surface area contributed by atoms with E-state index in [0.29, 0.717) is 17.7 Å². The predicted octanol–water partition coefficient (Wildman–Crippen LogP) is 0.733. The zero-order valence-electron chi connectivity index (χ0n) is 5.21. The first-order valence-electron chi connectivity index (χ1n) is 3.08. The molecule has 1 rings (SSSR count).